The first kappa shape index (κ1) is 14.8. The third-order valence-electron chi connectivity index (χ3n) is 4.51. The second-order valence-electron chi connectivity index (χ2n) is 6.28. The zero-order valence-electron chi connectivity index (χ0n) is 13.1. The lowest BCUT2D eigenvalue weighted by molar-refractivity contribution is -0.123. The maximum Gasteiger partial charge on any atom is 0.273 e. The average Bonchev–Trinajstić information content (AvgIpc) is 2.83. The summed E-state index contributed by atoms with van der Waals surface area (Å²) in [7, 11) is 3.44. The van der Waals surface area contributed by atoms with Gasteiger partial charge in [0, 0.05) is 19.7 Å². The average molecular weight is 299 g/mol. The van der Waals surface area contributed by atoms with Crippen LogP contribution in [-0.2, 0) is 4.79 Å². The molecule has 1 fully saturated rings. The van der Waals surface area contributed by atoms with Crippen LogP contribution in [-0.4, -0.2) is 42.2 Å². The minimum atomic E-state index is -0.540. The van der Waals surface area contributed by atoms with Crippen LogP contribution in [0.3, 0.4) is 0 Å². The highest BCUT2D eigenvalue weighted by Crippen LogP contribution is 2.33. The zero-order chi connectivity index (χ0) is 15.7. The summed E-state index contributed by atoms with van der Waals surface area (Å²) in [6.07, 6.45) is 4.90. The summed E-state index contributed by atoms with van der Waals surface area (Å²) in [5.41, 5.74) is 0.735. The van der Waals surface area contributed by atoms with Crippen molar-refractivity contribution < 1.29 is 9.59 Å². The highest BCUT2D eigenvalue weighted by Gasteiger charge is 2.44. The van der Waals surface area contributed by atoms with Crippen LogP contribution >= 0.6 is 0 Å². The molecule has 1 saturated carbocycles. The molecule has 0 atom stereocenters. The fourth-order valence-corrected chi connectivity index (χ4v) is 3.26. The Morgan fingerprint density at radius 2 is 1.86 bits per heavy atom. The van der Waals surface area contributed by atoms with Crippen molar-refractivity contribution in [1.82, 2.24) is 10.2 Å². The molecule has 5 nitrogen and oxygen atoms in total. The largest absolute Gasteiger partial charge is 0.355 e. The van der Waals surface area contributed by atoms with Crippen molar-refractivity contribution in [1.29, 1.82) is 0 Å². The summed E-state index contributed by atoms with van der Waals surface area (Å²) < 4.78 is 0. The number of amidine groups is 1. The molecule has 3 rings (SSSR count). The Labute approximate surface area is 130 Å². The maximum absolute atomic E-state index is 12.4. The van der Waals surface area contributed by atoms with E-state index in [1.54, 1.807) is 20.2 Å². The fraction of sp³-hybridized carbons (Fsp3) is 0.471. The Hall–Kier alpha value is -2.17. The van der Waals surface area contributed by atoms with Gasteiger partial charge in [0.15, 0.2) is 0 Å². The summed E-state index contributed by atoms with van der Waals surface area (Å²) in [6, 6.07) is 7.31. The number of benzene rings is 1. The van der Waals surface area contributed by atoms with E-state index < -0.39 is 5.54 Å². The number of aliphatic imine (C=N–C) groups is 1. The van der Waals surface area contributed by atoms with Crippen LogP contribution in [0.2, 0.25) is 0 Å². The van der Waals surface area contributed by atoms with E-state index in [9.17, 15) is 9.59 Å². The number of amides is 2. The molecule has 5 heteroatoms. The van der Waals surface area contributed by atoms with E-state index >= 15 is 0 Å². The van der Waals surface area contributed by atoms with Crippen LogP contribution in [0.25, 0.3) is 0 Å². The van der Waals surface area contributed by atoms with Gasteiger partial charge in [-0.3, -0.25) is 9.59 Å². The molecule has 1 heterocycles. The molecule has 1 aliphatic carbocycles. The topological polar surface area (TPSA) is 61.8 Å². The summed E-state index contributed by atoms with van der Waals surface area (Å²) in [6.45, 7) is 0. The van der Waals surface area contributed by atoms with Crippen molar-refractivity contribution in [2.24, 2.45) is 4.99 Å². The molecule has 0 saturated heterocycles. The molecule has 1 spiro atoms. The molecule has 0 radical (unpaired) electrons. The molecular weight excluding hydrogens is 278 g/mol. The molecule has 0 aromatic heterocycles. The number of carbonyl (C=O) groups excluding carboxylic acids is 2. The maximum atomic E-state index is 12.4. The van der Waals surface area contributed by atoms with E-state index in [0.717, 1.165) is 25.7 Å². The summed E-state index contributed by atoms with van der Waals surface area (Å²) in [5.74, 6) is 0.365. The van der Waals surface area contributed by atoms with Gasteiger partial charge in [0.1, 0.15) is 11.4 Å². The predicted octanol–water partition coefficient (Wildman–Crippen LogP) is 1.97. The van der Waals surface area contributed by atoms with Crippen molar-refractivity contribution in [3.8, 4) is 0 Å². The minimum Gasteiger partial charge on any atom is -0.355 e. The molecule has 116 valence electrons. The van der Waals surface area contributed by atoms with Gasteiger partial charge < -0.3 is 10.2 Å². The van der Waals surface area contributed by atoms with E-state index in [2.05, 4.69) is 10.3 Å². The van der Waals surface area contributed by atoms with E-state index in [1.165, 1.54) is 11.3 Å². The zero-order valence-corrected chi connectivity index (χ0v) is 13.1. The van der Waals surface area contributed by atoms with Gasteiger partial charge in [-0.15, -0.1) is 0 Å². The van der Waals surface area contributed by atoms with Crippen LogP contribution in [0, 0.1) is 0 Å². The number of carbonyl (C=O) groups is 2. The molecule has 2 amide bonds. The van der Waals surface area contributed by atoms with Crippen LogP contribution in [0.4, 0.5) is 0 Å². The molecule has 1 aromatic carbocycles. The SMILES string of the molecule is CN(C)C(=O)c1ccccc1C1=NC(=O)C2(CCCCC2)N1. The van der Waals surface area contributed by atoms with Gasteiger partial charge in [-0.25, -0.2) is 0 Å². The van der Waals surface area contributed by atoms with Gasteiger partial charge in [0.2, 0.25) is 0 Å². The number of hydrogen-bond acceptors (Lipinski definition) is 3. The molecular formula is C17H21N3O2. The fourth-order valence-electron chi connectivity index (χ4n) is 3.26. The first-order valence-electron chi connectivity index (χ1n) is 7.76. The molecule has 0 bridgehead atoms. The Kier molecular flexibility index (Phi) is 3.72. The third kappa shape index (κ3) is 2.40. The molecule has 0 unspecified atom stereocenters. The normalized spacial score (nSPS) is 19.7. The van der Waals surface area contributed by atoms with E-state index in [0.29, 0.717) is 17.0 Å². The Morgan fingerprint density at radius 3 is 2.55 bits per heavy atom. The molecule has 1 aliphatic heterocycles. The van der Waals surface area contributed by atoms with Gasteiger partial charge >= 0.3 is 0 Å². The van der Waals surface area contributed by atoms with E-state index in [1.807, 2.05) is 18.2 Å². The quantitative estimate of drug-likeness (QED) is 0.908. The van der Waals surface area contributed by atoms with Gasteiger partial charge in [-0.2, -0.15) is 4.99 Å². The monoisotopic (exact) mass is 299 g/mol. The highest BCUT2D eigenvalue weighted by atomic mass is 16.2. The Morgan fingerprint density at radius 1 is 1.18 bits per heavy atom. The lowest BCUT2D eigenvalue weighted by atomic mass is 9.81. The second kappa shape index (κ2) is 5.55. The van der Waals surface area contributed by atoms with Gasteiger partial charge in [-0.05, 0) is 18.9 Å². The second-order valence-corrected chi connectivity index (χ2v) is 6.28. The number of nitrogens with zero attached hydrogens (tertiary/aromatic N) is 2. The summed E-state index contributed by atoms with van der Waals surface area (Å²) in [4.78, 5) is 30.5. The number of nitrogens with one attached hydrogen (secondary N) is 1. The van der Waals surface area contributed by atoms with E-state index in [4.69, 9.17) is 0 Å². The number of rotatable bonds is 2. The standard InChI is InChI=1S/C17H21N3O2/c1-20(2)15(21)13-9-5-4-8-12(13)14-18-16(22)17(19-14)10-6-3-7-11-17/h4-5,8-9H,3,6-7,10-11H2,1-2H3,(H,18,19,22). The van der Waals surface area contributed by atoms with Crippen LogP contribution in [0.1, 0.15) is 48.0 Å². The molecule has 1 N–H and O–H groups in total. The van der Waals surface area contributed by atoms with Crippen molar-refractivity contribution >= 4 is 17.6 Å². The van der Waals surface area contributed by atoms with Crippen LogP contribution in [0.5, 0.6) is 0 Å². The first-order chi connectivity index (χ1) is 10.5. The van der Waals surface area contributed by atoms with Crippen LogP contribution < -0.4 is 5.32 Å². The minimum absolute atomic E-state index is 0.0860. The lowest BCUT2D eigenvalue weighted by Gasteiger charge is -2.31. The van der Waals surface area contributed by atoms with E-state index in [-0.39, 0.29) is 11.8 Å². The number of hydrogen-bond donors (Lipinski definition) is 1. The smallest absolute Gasteiger partial charge is 0.273 e. The summed E-state index contributed by atoms with van der Waals surface area (Å²) >= 11 is 0. The van der Waals surface area contributed by atoms with Crippen LogP contribution in [0.15, 0.2) is 29.3 Å². The highest BCUT2D eigenvalue weighted by molar-refractivity contribution is 6.17. The third-order valence-corrected chi connectivity index (χ3v) is 4.51. The summed E-state index contributed by atoms with van der Waals surface area (Å²) in [5, 5.41) is 3.34. The lowest BCUT2D eigenvalue weighted by Crippen LogP contribution is -2.50. The predicted molar refractivity (Wildman–Crippen MR) is 85.0 cm³/mol. The molecule has 2 aliphatic rings. The van der Waals surface area contributed by atoms with Crippen molar-refractivity contribution in [3.63, 3.8) is 0 Å². The molecule has 22 heavy (non-hydrogen) atoms. The van der Waals surface area contributed by atoms with Gasteiger partial charge in [0.05, 0.1) is 5.56 Å². The first-order valence-corrected chi connectivity index (χ1v) is 7.76. The Balaban J connectivity index is 1.95. The van der Waals surface area contributed by atoms with Gasteiger partial charge in [0.25, 0.3) is 11.8 Å². The van der Waals surface area contributed by atoms with Gasteiger partial charge in [-0.1, -0.05) is 37.5 Å². The van der Waals surface area contributed by atoms with Crippen molar-refractivity contribution in [2.45, 2.75) is 37.6 Å². The van der Waals surface area contributed by atoms with Crippen molar-refractivity contribution in [2.75, 3.05) is 14.1 Å². The van der Waals surface area contributed by atoms with Crippen molar-refractivity contribution in [3.05, 3.63) is 35.4 Å². The molecule has 1 aromatic rings. The Bertz CT molecular complexity index is 643.